The zero-order valence-electron chi connectivity index (χ0n) is 17.9. The van der Waals surface area contributed by atoms with Gasteiger partial charge in [0, 0.05) is 38.2 Å². The van der Waals surface area contributed by atoms with Crippen LogP contribution in [-0.2, 0) is 0 Å². The lowest BCUT2D eigenvalue weighted by Gasteiger charge is -2.22. The van der Waals surface area contributed by atoms with Crippen molar-refractivity contribution >= 4 is 40.2 Å². The van der Waals surface area contributed by atoms with Gasteiger partial charge in [0.1, 0.15) is 0 Å². The van der Waals surface area contributed by atoms with Gasteiger partial charge in [-0.25, -0.2) is 0 Å². The molecule has 0 saturated heterocycles. The van der Waals surface area contributed by atoms with Crippen LogP contribution < -0.4 is 26.2 Å². The molecule has 0 heterocycles. The quantitative estimate of drug-likeness (QED) is 0.459. The summed E-state index contributed by atoms with van der Waals surface area (Å²) in [6, 6.07) is 39.0. The van der Waals surface area contributed by atoms with Gasteiger partial charge in [0.2, 0.25) is 6.71 Å². The highest BCUT2D eigenvalue weighted by molar-refractivity contribution is 6.95. The molecule has 3 heteroatoms. The minimum absolute atomic E-state index is 0.228. The molecular weight excluding hydrogens is 363 g/mol. The molecule has 0 fully saturated rings. The largest absolute Gasteiger partial charge is 0.378 e. The summed E-state index contributed by atoms with van der Waals surface area (Å²) in [5.74, 6) is 0. The van der Waals surface area contributed by atoms with E-state index in [4.69, 9.17) is 0 Å². The molecule has 0 bridgehead atoms. The summed E-state index contributed by atoms with van der Waals surface area (Å²) < 4.78 is 0. The van der Waals surface area contributed by atoms with E-state index in [1.807, 2.05) is 0 Å². The molecule has 0 aliphatic rings. The van der Waals surface area contributed by atoms with Crippen molar-refractivity contribution in [1.82, 2.24) is 0 Å². The molecule has 0 N–H and O–H groups in total. The van der Waals surface area contributed by atoms with Crippen molar-refractivity contribution in [3.63, 3.8) is 0 Å². The first-order valence-corrected chi connectivity index (χ1v) is 10.3. The molecule has 4 aromatic carbocycles. The normalized spacial score (nSPS) is 10.5. The van der Waals surface area contributed by atoms with E-state index in [1.165, 1.54) is 33.5 Å². The minimum Gasteiger partial charge on any atom is -0.378 e. The molecule has 0 aliphatic carbocycles. The van der Waals surface area contributed by atoms with Crippen LogP contribution in [0.5, 0.6) is 0 Å². The van der Waals surface area contributed by atoms with Crippen LogP contribution in [0.1, 0.15) is 0 Å². The second kappa shape index (κ2) is 8.92. The van der Waals surface area contributed by atoms with Crippen LogP contribution in [0.3, 0.4) is 0 Å². The van der Waals surface area contributed by atoms with E-state index in [1.54, 1.807) is 0 Å². The van der Waals surface area contributed by atoms with E-state index >= 15 is 0 Å². The highest BCUT2D eigenvalue weighted by Gasteiger charge is 2.21. The fourth-order valence-corrected chi connectivity index (χ4v) is 3.88. The van der Waals surface area contributed by atoms with Gasteiger partial charge in [-0.15, -0.1) is 0 Å². The molecule has 0 aromatic heterocycles. The van der Waals surface area contributed by atoms with Gasteiger partial charge in [-0.3, -0.25) is 0 Å². The summed E-state index contributed by atoms with van der Waals surface area (Å²) in [4.78, 5) is 4.34. The number of hydrogen-bond acceptors (Lipinski definition) is 2. The van der Waals surface area contributed by atoms with Crippen LogP contribution in [-0.4, -0.2) is 27.9 Å². The molecule has 0 unspecified atom stereocenters. The van der Waals surface area contributed by atoms with Crippen LogP contribution in [0, 0.1) is 0 Å². The lowest BCUT2D eigenvalue weighted by Crippen LogP contribution is -2.51. The van der Waals surface area contributed by atoms with Crippen molar-refractivity contribution < 1.29 is 0 Å². The van der Waals surface area contributed by atoms with E-state index in [-0.39, 0.29) is 6.71 Å². The van der Waals surface area contributed by atoms with Crippen molar-refractivity contribution in [3.8, 4) is 0 Å². The average molecular weight is 390 g/mol. The highest BCUT2D eigenvalue weighted by atomic mass is 15.1. The summed E-state index contributed by atoms with van der Waals surface area (Å²) >= 11 is 0. The van der Waals surface area contributed by atoms with Crippen molar-refractivity contribution in [2.24, 2.45) is 0 Å². The Morgan fingerprint density at radius 3 is 1.23 bits per heavy atom. The van der Waals surface area contributed by atoms with Gasteiger partial charge in [0.25, 0.3) is 0 Å². The molecule has 0 amide bonds. The SMILES string of the molecule is CN(C)c1ccc(N(C)c2ccc(B(c3ccccc3)c3ccccc3)cc2)cc1. The second-order valence-corrected chi connectivity index (χ2v) is 7.82. The van der Waals surface area contributed by atoms with E-state index < -0.39 is 0 Å². The first-order valence-electron chi connectivity index (χ1n) is 10.3. The van der Waals surface area contributed by atoms with Crippen molar-refractivity contribution in [3.05, 3.63) is 109 Å². The molecule has 30 heavy (non-hydrogen) atoms. The predicted octanol–water partition coefficient (Wildman–Crippen LogP) is 4.04. The molecule has 0 saturated carbocycles. The van der Waals surface area contributed by atoms with Gasteiger partial charge >= 0.3 is 0 Å². The number of hydrogen-bond donors (Lipinski definition) is 0. The molecule has 0 radical (unpaired) electrons. The Bertz CT molecular complexity index is 1020. The zero-order chi connectivity index (χ0) is 20.9. The highest BCUT2D eigenvalue weighted by Crippen LogP contribution is 2.25. The van der Waals surface area contributed by atoms with E-state index in [0.717, 1.165) is 0 Å². The Labute approximate surface area is 180 Å². The third-order valence-electron chi connectivity index (χ3n) is 5.63. The maximum atomic E-state index is 2.25. The fourth-order valence-electron chi connectivity index (χ4n) is 3.88. The molecule has 4 rings (SSSR count). The van der Waals surface area contributed by atoms with E-state index in [2.05, 4.69) is 140 Å². The summed E-state index contributed by atoms with van der Waals surface area (Å²) in [6.45, 7) is 0.228. The summed E-state index contributed by atoms with van der Waals surface area (Å²) in [7, 11) is 6.24. The zero-order valence-corrected chi connectivity index (χ0v) is 17.9. The first-order chi connectivity index (χ1) is 14.6. The Hall–Kier alpha value is -3.46. The van der Waals surface area contributed by atoms with Gasteiger partial charge < -0.3 is 9.80 Å². The van der Waals surface area contributed by atoms with E-state index in [0.29, 0.717) is 0 Å². The lowest BCUT2D eigenvalue weighted by atomic mass is 9.37. The number of anilines is 3. The maximum Gasteiger partial charge on any atom is 0.241 e. The number of benzene rings is 4. The third-order valence-corrected chi connectivity index (χ3v) is 5.63. The Kier molecular flexibility index (Phi) is 5.90. The monoisotopic (exact) mass is 390 g/mol. The van der Waals surface area contributed by atoms with Crippen molar-refractivity contribution in [1.29, 1.82) is 0 Å². The molecule has 0 spiro atoms. The fraction of sp³-hybridized carbons (Fsp3) is 0.111. The summed E-state index contributed by atoms with van der Waals surface area (Å²) in [5.41, 5.74) is 7.48. The smallest absolute Gasteiger partial charge is 0.241 e. The number of nitrogens with zero attached hydrogens (tertiary/aromatic N) is 2. The number of rotatable bonds is 6. The topological polar surface area (TPSA) is 6.48 Å². The van der Waals surface area contributed by atoms with Gasteiger partial charge in [-0.1, -0.05) is 89.2 Å². The molecule has 2 nitrogen and oxygen atoms in total. The molecule has 4 aromatic rings. The molecular formula is C27H27BN2. The summed E-state index contributed by atoms with van der Waals surface area (Å²) in [5, 5.41) is 0. The molecule has 148 valence electrons. The standard InChI is InChI=1S/C27H27BN2/c1-29(2)25-18-20-27(21-19-25)30(3)26-16-14-24(15-17-26)28(22-10-6-4-7-11-22)23-12-8-5-9-13-23/h4-21H,1-3H3. The van der Waals surface area contributed by atoms with Crippen molar-refractivity contribution in [2.75, 3.05) is 30.9 Å². The Balaban J connectivity index is 1.63. The molecule has 0 aliphatic heterocycles. The van der Waals surface area contributed by atoms with Crippen LogP contribution >= 0.6 is 0 Å². The maximum absolute atomic E-state index is 2.25. The Morgan fingerprint density at radius 1 is 0.433 bits per heavy atom. The Morgan fingerprint density at radius 2 is 0.800 bits per heavy atom. The first kappa shape index (κ1) is 19.8. The van der Waals surface area contributed by atoms with Crippen LogP contribution in [0.2, 0.25) is 0 Å². The van der Waals surface area contributed by atoms with Crippen molar-refractivity contribution in [2.45, 2.75) is 0 Å². The minimum atomic E-state index is 0.228. The van der Waals surface area contributed by atoms with Gasteiger partial charge in [-0.05, 0) is 36.4 Å². The van der Waals surface area contributed by atoms with Crippen LogP contribution in [0.4, 0.5) is 17.1 Å². The van der Waals surface area contributed by atoms with Gasteiger partial charge in [0.05, 0.1) is 0 Å². The van der Waals surface area contributed by atoms with Crippen LogP contribution in [0.15, 0.2) is 109 Å². The predicted molar refractivity (Wildman–Crippen MR) is 133 cm³/mol. The second-order valence-electron chi connectivity index (χ2n) is 7.82. The summed E-state index contributed by atoms with van der Waals surface area (Å²) in [6.07, 6.45) is 0. The third kappa shape index (κ3) is 4.26. The average Bonchev–Trinajstić information content (AvgIpc) is 2.81. The van der Waals surface area contributed by atoms with Gasteiger partial charge in [-0.2, -0.15) is 0 Å². The lowest BCUT2D eigenvalue weighted by molar-refractivity contribution is 1.13. The molecule has 0 atom stereocenters. The van der Waals surface area contributed by atoms with E-state index in [9.17, 15) is 0 Å². The van der Waals surface area contributed by atoms with Crippen LogP contribution in [0.25, 0.3) is 0 Å². The van der Waals surface area contributed by atoms with Gasteiger partial charge in [0.15, 0.2) is 0 Å².